The molecule has 0 aliphatic rings. The van der Waals surface area contributed by atoms with Crippen LogP contribution in [0.25, 0.3) is 0 Å². The normalized spacial score (nSPS) is 10.9. The van der Waals surface area contributed by atoms with Gasteiger partial charge in [0.1, 0.15) is 17.9 Å². The Kier molecular flexibility index (Phi) is 4.73. The van der Waals surface area contributed by atoms with Crippen LogP contribution in [0.1, 0.15) is 35.6 Å². The van der Waals surface area contributed by atoms with E-state index in [-0.39, 0.29) is 12.2 Å². The third kappa shape index (κ3) is 3.68. The fourth-order valence-corrected chi connectivity index (χ4v) is 2.22. The molecule has 5 heteroatoms. The van der Waals surface area contributed by atoms with E-state index < -0.39 is 0 Å². The lowest BCUT2D eigenvalue weighted by Gasteiger charge is -2.09. The van der Waals surface area contributed by atoms with Crippen molar-refractivity contribution in [2.45, 2.75) is 33.7 Å². The van der Waals surface area contributed by atoms with E-state index in [1.165, 1.54) is 6.33 Å². The molecule has 0 unspecified atom stereocenters. The topological polar surface area (TPSA) is 57.0 Å². The van der Waals surface area contributed by atoms with E-state index in [1.54, 1.807) is 17.9 Å². The van der Waals surface area contributed by atoms with Crippen LogP contribution in [-0.2, 0) is 13.0 Å². The van der Waals surface area contributed by atoms with E-state index >= 15 is 0 Å². The molecule has 0 amide bonds. The zero-order chi connectivity index (χ0) is 15.4. The van der Waals surface area contributed by atoms with E-state index in [2.05, 4.69) is 23.9 Å². The number of aryl methyl sites for hydroxylation is 1. The molecule has 0 atom stereocenters. The maximum Gasteiger partial charge on any atom is 0.170 e. The number of ketones is 1. The van der Waals surface area contributed by atoms with Gasteiger partial charge in [-0.2, -0.15) is 5.10 Å². The number of ether oxygens (including phenoxy) is 1. The molecular formula is C16H21N3O2. The zero-order valence-corrected chi connectivity index (χ0v) is 13.0. The number of hydrogen-bond donors (Lipinski definition) is 0. The number of methoxy groups -OCH3 is 1. The van der Waals surface area contributed by atoms with Gasteiger partial charge in [0.25, 0.3) is 0 Å². The van der Waals surface area contributed by atoms with Gasteiger partial charge in [0.05, 0.1) is 13.5 Å². The van der Waals surface area contributed by atoms with Crippen LogP contribution in [0.3, 0.4) is 0 Å². The second-order valence-corrected chi connectivity index (χ2v) is 5.54. The summed E-state index contributed by atoms with van der Waals surface area (Å²) >= 11 is 0. The smallest absolute Gasteiger partial charge is 0.170 e. The zero-order valence-electron chi connectivity index (χ0n) is 13.0. The molecule has 0 N–H and O–H groups in total. The molecule has 112 valence electrons. The Morgan fingerprint density at radius 1 is 1.38 bits per heavy atom. The molecule has 0 aliphatic carbocycles. The Hall–Kier alpha value is -2.17. The summed E-state index contributed by atoms with van der Waals surface area (Å²) in [6.45, 7) is 6.92. The van der Waals surface area contributed by atoms with Crippen molar-refractivity contribution < 1.29 is 9.53 Å². The minimum Gasteiger partial charge on any atom is -0.496 e. The highest BCUT2D eigenvalue weighted by molar-refractivity contribution is 5.97. The van der Waals surface area contributed by atoms with Crippen molar-refractivity contribution in [2.24, 2.45) is 5.92 Å². The van der Waals surface area contributed by atoms with Crippen LogP contribution in [-0.4, -0.2) is 27.7 Å². The number of benzene rings is 1. The Morgan fingerprint density at radius 2 is 2.14 bits per heavy atom. The first-order valence-electron chi connectivity index (χ1n) is 7.05. The van der Waals surface area contributed by atoms with Crippen molar-refractivity contribution in [3.63, 3.8) is 0 Å². The summed E-state index contributed by atoms with van der Waals surface area (Å²) in [6.07, 6.45) is 1.77. The van der Waals surface area contributed by atoms with Gasteiger partial charge in [-0.3, -0.25) is 4.79 Å². The summed E-state index contributed by atoms with van der Waals surface area (Å²) in [4.78, 5) is 16.6. The van der Waals surface area contributed by atoms with Crippen molar-refractivity contribution in [2.75, 3.05) is 7.11 Å². The van der Waals surface area contributed by atoms with Gasteiger partial charge in [-0.25, -0.2) is 9.67 Å². The van der Waals surface area contributed by atoms with Crippen LogP contribution in [0, 0.1) is 12.8 Å². The summed E-state index contributed by atoms with van der Waals surface area (Å²) in [5.74, 6) is 2.00. The highest BCUT2D eigenvalue weighted by atomic mass is 16.5. The van der Waals surface area contributed by atoms with Crippen LogP contribution < -0.4 is 4.74 Å². The lowest BCUT2D eigenvalue weighted by atomic mass is 10.0. The summed E-state index contributed by atoms with van der Waals surface area (Å²) in [6, 6.07) is 5.46. The summed E-state index contributed by atoms with van der Waals surface area (Å²) in [5.41, 5.74) is 1.62. The maximum atomic E-state index is 12.4. The highest BCUT2D eigenvalue weighted by Crippen LogP contribution is 2.19. The Labute approximate surface area is 125 Å². The fourth-order valence-electron chi connectivity index (χ4n) is 2.22. The van der Waals surface area contributed by atoms with Gasteiger partial charge in [0.15, 0.2) is 5.78 Å². The van der Waals surface area contributed by atoms with Crippen LogP contribution in [0.15, 0.2) is 24.5 Å². The van der Waals surface area contributed by atoms with E-state index in [0.717, 1.165) is 17.9 Å². The first kappa shape index (κ1) is 15.2. The minimum absolute atomic E-state index is 0.0405. The molecule has 0 radical (unpaired) electrons. The van der Waals surface area contributed by atoms with E-state index in [4.69, 9.17) is 4.74 Å². The lowest BCUT2D eigenvalue weighted by molar-refractivity contribution is 0.0989. The number of rotatable bonds is 6. The average molecular weight is 287 g/mol. The number of Topliss-reactive ketones (excluding diaryl/α,β-unsaturated/α-hetero) is 1. The monoisotopic (exact) mass is 287 g/mol. The van der Waals surface area contributed by atoms with Crippen LogP contribution in [0.5, 0.6) is 5.75 Å². The van der Waals surface area contributed by atoms with Gasteiger partial charge in [0.2, 0.25) is 0 Å². The van der Waals surface area contributed by atoms with Gasteiger partial charge < -0.3 is 4.74 Å². The molecule has 5 nitrogen and oxygen atoms in total. The second kappa shape index (κ2) is 6.52. The number of nitrogens with zero attached hydrogens (tertiary/aromatic N) is 3. The first-order valence-corrected chi connectivity index (χ1v) is 7.05. The highest BCUT2D eigenvalue weighted by Gasteiger charge is 2.14. The Bertz CT molecular complexity index is 632. The first-order chi connectivity index (χ1) is 10.0. The maximum absolute atomic E-state index is 12.4. The molecule has 1 aromatic carbocycles. The van der Waals surface area contributed by atoms with Crippen molar-refractivity contribution in [1.82, 2.24) is 14.8 Å². The second-order valence-electron chi connectivity index (χ2n) is 5.54. The standard InChI is InChI=1S/C16H21N3O2/c1-11(2)9-19-16(17-10-18-19)8-14(20)13-5-6-15(21-4)12(3)7-13/h5-7,10-11H,8-9H2,1-4H3. The van der Waals surface area contributed by atoms with Crippen LogP contribution in [0.2, 0.25) is 0 Å². The average Bonchev–Trinajstić information content (AvgIpc) is 2.85. The van der Waals surface area contributed by atoms with Crippen molar-refractivity contribution in [1.29, 1.82) is 0 Å². The molecule has 21 heavy (non-hydrogen) atoms. The third-order valence-electron chi connectivity index (χ3n) is 3.27. The summed E-state index contributed by atoms with van der Waals surface area (Å²) < 4.78 is 7.02. The molecule has 0 aliphatic heterocycles. The summed E-state index contributed by atoms with van der Waals surface area (Å²) in [5, 5.41) is 4.18. The predicted molar refractivity (Wildman–Crippen MR) is 80.6 cm³/mol. The fraction of sp³-hybridized carbons (Fsp3) is 0.438. The van der Waals surface area contributed by atoms with Crippen molar-refractivity contribution >= 4 is 5.78 Å². The van der Waals surface area contributed by atoms with Gasteiger partial charge in [-0.15, -0.1) is 0 Å². The molecule has 2 rings (SSSR count). The molecule has 0 saturated heterocycles. The van der Waals surface area contributed by atoms with Crippen molar-refractivity contribution in [3.05, 3.63) is 41.5 Å². The molecular weight excluding hydrogens is 266 g/mol. The number of carbonyl (C=O) groups is 1. The quantitative estimate of drug-likeness (QED) is 0.766. The predicted octanol–water partition coefficient (Wildman–Crippen LogP) is 2.68. The molecule has 0 saturated carbocycles. The molecule has 1 aromatic heterocycles. The van der Waals surface area contributed by atoms with Crippen LogP contribution in [0.4, 0.5) is 0 Å². The molecule has 1 heterocycles. The minimum atomic E-state index is 0.0405. The largest absolute Gasteiger partial charge is 0.496 e. The van der Waals surface area contributed by atoms with E-state index in [1.807, 2.05) is 19.1 Å². The van der Waals surface area contributed by atoms with E-state index in [0.29, 0.717) is 17.3 Å². The number of carbonyl (C=O) groups excluding carboxylic acids is 1. The van der Waals surface area contributed by atoms with Crippen molar-refractivity contribution in [3.8, 4) is 5.75 Å². The Balaban J connectivity index is 2.15. The number of hydrogen-bond acceptors (Lipinski definition) is 4. The Morgan fingerprint density at radius 3 is 2.76 bits per heavy atom. The third-order valence-corrected chi connectivity index (χ3v) is 3.27. The van der Waals surface area contributed by atoms with Gasteiger partial charge in [-0.1, -0.05) is 13.8 Å². The van der Waals surface area contributed by atoms with Gasteiger partial charge in [-0.05, 0) is 36.6 Å². The number of aromatic nitrogens is 3. The van der Waals surface area contributed by atoms with Gasteiger partial charge >= 0.3 is 0 Å². The summed E-state index contributed by atoms with van der Waals surface area (Å²) in [7, 11) is 1.62. The van der Waals surface area contributed by atoms with Gasteiger partial charge in [0, 0.05) is 12.1 Å². The molecule has 2 aromatic rings. The molecule has 0 fully saturated rings. The molecule has 0 spiro atoms. The van der Waals surface area contributed by atoms with Crippen LogP contribution >= 0.6 is 0 Å². The van der Waals surface area contributed by atoms with E-state index in [9.17, 15) is 4.79 Å². The molecule has 0 bridgehead atoms. The SMILES string of the molecule is COc1ccc(C(=O)Cc2ncnn2CC(C)C)cc1C. The lowest BCUT2D eigenvalue weighted by Crippen LogP contribution is -2.14.